The van der Waals surface area contributed by atoms with Crippen LogP contribution in [0.25, 0.3) is 0 Å². The summed E-state index contributed by atoms with van der Waals surface area (Å²) in [6.07, 6.45) is 0.361. The molecule has 0 unspecified atom stereocenters. The summed E-state index contributed by atoms with van der Waals surface area (Å²) < 4.78 is 10.6. The maximum atomic E-state index is 13.6. The van der Waals surface area contributed by atoms with Gasteiger partial charge < -0.3 is 9.47 Å². The second-order valence-electron chi connectivity index (χ2n) is 7.49. The molecule has 2 atom stereocenters. The van der Waals surface area contributed by atoms with E-state index >= 15 is 0 Å². The summed E-state index contributed by atoms with van der Waals surface area (Å²) in [4.78, 5) is 39.7. The molecule has 0 N–H and O–H groups in total. The second kappa shape index (κ2) is 7.83. The standard InChI is InChI=1S/C22H30O5/c1-7-21(18(23)16-12-10-15(6)11-13-16)17(14(4)5)22(21,19(24)26-8-2)20(25)27-9-3/h10-14,17H,7-9H2,1-6H3/t17-,21-/m1/s1. The van der Waals surface area contributed by atoms with E-state index in [-0.39, 0.29) is 24.9 Å². The van der Waals surface area contributed by atoms with Gasteiger partial charge in [0.15, 0.2) is 11.2 Å². The van der Waals surface area contributed by atoms with Gasteiger partial charge in [0.2, 0.25) is 0 Å². The number of ketones is 1. The van der Waals surface area contributed by atoms with Crippen LogP contribution in [0.15, 0.2) is 24.3 Å². The fourth-order valence-corrected chi connectivity index (χ4v) is 4.77. The quantitative estimate of drug-likeness (QED) is 0.391. The highest BCUT2D eigenvalue weighted by molar-refractivity contribution is 6.17. The number of hydrogen-bond acceptors (Lipinski definition) is 5. The summed E-state index contributed by atoms with van der Waals surface area (Å²) in [5.41, 5.74) is -1.18. The van der Waals surface area contributed by atoms with Crippen LogP contribution in [0, 0.1) is 29.6 Å². The van der Waals surface area contributed by atoms with Gasteiger partial charge in [-0.05, 0) is 33.1 Å². The highest BCUT2D eigenvalue weighted by atomic mass is 16.6. The molecule has 0 radical (unpaired) electrons. The molecule has 0 spiro atoms. The molecule has 1 aliphatic carbocycles. The second-order valence-corrected chi connectivity index (χ2v) is 7.49. The van der Waals surface area contributed by atoms with Crippen LogP contribution in [0.1, 0.15) is 57.0 Å². The molecule has 0 aromatic heterocycles. The summed E-state index contributed by atoms with van der Waals surface area (Å²) >= 11 is 0. The van der Waals surface area contributed by atoms with Crippen LogP contribution in [0.3, 0.4) is 0 Å². The molecule has 0 bridgehead atoms. The van der Waals surface area contributed by atoms with Crippen molar-refractivity contribution < 1.29 is 23.9 Å². The lowest BCUT2D eigenvalue weighted by atomic mass is 9.82. The van der Waals surface area contributed by atoms with Crippen molar-refractivity contribution in [2.24, 2.45) is 22.7 Å². The van der Waals surface area contributed by atoms with Gasteiger partial charge in [-0.3, -0.25) is 14.4 Å². The number of ether oxygens (including phenoxy) is 2. The van der Waals surface area contributed by atoms with Crippen molar-refractivity contribution in [2.75, 3.05) is 13.2 Å². The van der Waals surface area contributed by atoms with Gasteiger partial charge in [-0.25, -0.2) is 0 Å². The molecule has 148 valence electrons. The fourth-order valence-electron chi connectivity index (χ4n) is 4.77. The van der Waals surface area contributed by atoms with Crippen molar-refractivity contribution in [3.05, 3.63) is 35.4 Å². The molecule has 1 fully saturated rings. The van der Waals surface area contributed by atoms with Gasteiger partial charge in [-0.1, -0.05) is 50.6 Å². The minimum absolute atomic E-state index is 0.0619. The fraction of sp³-hybridized carbons (Fsp3) is 0.591. The molecular weight excluding hydrogens is 344 g/mol. The predicted molar refractivity (Wildman–Crippen MR) is 102 cm³/mol. The Labute approximate surface area is 161 Å². The van der Waals surface area contributed by atoms with E-state index in [1.807, 2.05) is 39.8 Å². The van der Waals surface area contributed by atoms with Gasteiger partial charge in [-0.2, -0.15) is 0 Å². The van der Waals surface area contributed by atoms with Crippen LogP contribution in [-0.4, -0.2) is 30.9 Å². The molecule has 27 heavy (non-hydrogen) atoms. The van der Waals surface area contributed by atoms with Crippen molar-refractivity contribution in [2.45, 2.75) is 48.0 Å². The summed E-state index contributed by atoms with van der Waals surface area (Å²) in [7, 11) is 0. The third kappa shape index (κ3) is 2.97. The molecule has 0 saturated heterocycles. The minimum Gasteiger partial charge on any atom is -0.465 e. The zero-order valence-electron chi connectivity index (χ0n) is 17.1. The Morgan fingerprint density at radius 2 is 1.44 bits per heavy atom. The number of carbonyl (C=O) groups excluding carboxylic acids is 3. The lowest BCUT2D eigenvalue weighted by Gasteiger charge is -2.21. The zero-order chi connectivity index (χ0) is 20.4. The van der Waals surface area contributed by atoms with Gasteiger partial charge >= 0.3 is 11.9 Å². The van der Waals surface area contributed by atoms with Crippen LogP contribution in [0.2, 0.25) is 0 Å². The highest BCUT2D eigenvalue weighted by Crippen LogP contribution is 2.75. The molecule has 1 saturated carbocycles. The number of aryl methyl sites for hydroxylation is 1. The average molecular weight is 374 g/mol. The maximum Gasteiger partial charge on any atom is 0.324 e. The van der Waals surface area contributed by atoms with Gasteiger partial charge in [0.05, 0.1) is 18.6 Å². The normalized spacial score (nSPS) is 23.0. The Kier molecular flexibility index (Phi) is 6.13. The minimum atomic E-state index is -1.58. The first-order valence-corrected chi connectivity index (χ1v) is 9.71. The first kappa shape index (κ1) is 21.1. The van der Waals surface area contributed by atoms with Crippen LogP contribution in [0.5, 0.6) is 0 Å². The van der Waals surface area contributed by atoms with E-state index in [9.17, 15) is 14.4 Å². The average Bonchev–Trinajstić information content (AvgIpc) is 3.28. The molecule has 1 aliphatic rings. The van der Waals surface area contributed by atoms with Crippen molar-refractivity contribution in [3.63, 3.8) is 0 Å². The zero-order valence-corrected chi connectivity index (χ0v) is 17.1. The molecule has 2 rings (SSSR count). The largest absolute Gasteiger partial charge is 0.465 e. The smallest absolute Gasteiger partial charge is 0.324 e. The molecule has 1 aromatic rings. The number of esters is 2. The predicted octanol–water partition coefficient (Wildman–Crippen LogP) is 3.97. The topological polar surface area (TPSA) is 69.7 Å². The Hall–Kier alpha value is -2.17. The third-order valence-corrected chi connectivity index (χ3v) is 5.76. The van der Waals surface area contributed by atoms with Crippen molar-refractivity contribution in [1.29, 1.82) is 0 Å². The monoisotopic (exact) mass is 374 g/mol. The summed E-state index contributed by atoms with van der Waals surface area (Å²) in [6, 6.07) is 7.23. The maximum absolute atomic E-state index is 13.6. The van der Waals surface area contributed by atoms with Crippen LogP contribution < -0.4 is 0 Å². The molecule has 0 aliphatic heterocycles. The third-order valence-electron chi connectivity index (χ3n) is 5.76. The molecule has 5 nitrogen and oxygen atoms in total. The molecular formula is C22H30O5. The molecule has 1 aromatic carbocycles. The van der Waals surface area contributed by atoms with E-state index in [0.29, 0.717) is 12.0 Å². The van der Waals surface area contributed by atoms with Gasteiger partial charge in [-0.15, -0.1) is 0 Å². The Morgan fingerprint density at radius 1 is 0.963 bits per heavy atom. The molecule has 0 heterocycles. The first-order valence-electron chi connectivity index (χ1n) is 9.71. The van der Waals surface area contributed by atoms with Crippen LogP contribution in [0.4, 0.5) is 0 Å². The number of carbonyl (C=O) groups is 3. The van der Waals surface area contributed by atoms with Gasteiger partial charge in [0, 0.05) is 11.5 Å². The number of rotatable bonds is 8. The van der Waals surface area contributed by atoms with Gasteiger partial charge in [0.25, 0.3) is 0 Å². The number of benzene rings is 1. The Morgan fingerprint density at radius 3 is 1.81 bits per heavy atom. The molecule has 0 amide bonds. The summed E-state index contributed by atoms with van der Waals surface area (Å²) in [5.74, 6) is -2.01. The SMILES string of the molecule is CCOC(=O)C1(C(=O)OCC)[C@H](C(C)C)[C@]1(CC)C(=O)c1ccc(C)cc1. The van der Waals surface area contributed by atoms with E-state index in [1.165, 1.54) is 0 Å². The van der Waals surface area contributed by atoms with E-state index < -0.39 is 28.7 Å². The van der Waals surface area contributed by atoms with Crippen molar-refractivity contribution in [3.8, 4) is 0 Å². The summed E-state index contributed by atoms with van der Waals surface area (Å²) in [6.45, 7) is 11.3. The number of Topliss-reactive ketones (excluding diaryl/α,β-unsaturated/α-hetero) is 1. The number of hydrogen-bond donors (Lipinski definition) is 0. The van der Waals surface area contributed by atoms with Crippen molar-refractivity contribution in [1.82, 2.24) is 0 Å². The van der Waals surface area contributed by atoms with Crippen molar-refractivity contribution >= 4 is 17.7 Å². The Bertz CT molecular complexity index is 701. The Balaban J connectivity index is 2.65. The van der Waals surface area contributed by atoms with E-state index in [0.717, 1.165) is 5.56 Å². The van der Waals surface area contributed by atoms with E-state index in [1.54, 1.807) is 26.0 Å². The van der Waals surface area contributed by atoms with E-state index in [4.69, 9.17) is 9.47 Å². The van der Waals surface area contributed by atoms with E-state index in [2.05, 4.69) is 0 Å². The highest BCUT2D eigenvalue weighted by Gasteiger charge is 2.88. The lowest BCUT2D eigenvalue weighted by Crippen LogP contribution is -2.38. The van der Waals surface area contributed by atoms with Crippen LogP contribution >= 0.6 is 0 Å². The van der Waals surface area contributed by atoms with Crippen LogP contribution in [-0.2, 0) is 19.1 Å². The summed E-state index contributed by atoms with van der Waals surface area (Å²) in [5, 5.41) is 0. The van der Waals surface area contributed by atoms with Gasteiger partial charge in [0.1, 0.15) is 0 Å². The lowest BCUT2D eigenvalue weighted by molar-refractivity contribution is -0.167. The first-order chi connectivity index (χ1) is 12.7. The molecule has 5 heteroatoms.